The Labute approximate surface area is 148 Å². The summed E-state index contributed by atoms with van der Waals surface area (Å²) in [6, 6.07) is 10.2. The van der Waals surface area contributed by atoms with E-state index in [0.717, 1.165) is 31.5 Å². The summed E-state index contributed by atoms with van der Waals surface area (Å²) in [5.74, 6) is -0.0822. The van der Waals surface area contributed by atoms with Gasteiger partial charge in [0.2, 0.25) is 11.8 Å². The van der Waals surface area contributed by atoms with Crippen LogP contribution >= 0.6 is 0 Å². The summed E-state index contributed by atoms with van der Waals surface area (Å²) in [4.78, 5) is 29.2. The van der Waals surface area contributed by atoms with Gasteiger partial charge in [-0.15, -0.1) is 0 Å². The number of hydrogen-bond donors (Lipinski definition) is 1. The Balaban J connectivity index is 1.49. The van der Waals surface area contributed by atoms with Crippen molar-refractivity contribution in [1.29, 1.82) is 0 Å². The van der Waals surface area contributed by atoms with Crippen LogP contribution in [-0.4, -0.2) is 66.0 Å². The van der Waals surface area contributed by atoms with Crippen molar-refractivity contribution >= 4 is 11.8 Å². The van der Waals surface area contributed by atoms with Gasteiger partial charge in [-0.2, -0.15) is 0 Å². The first-order chi connectivity index (χ1) is 12.2. The fraction of sp³-hybridized carbons (Fsp3) is 0.579. The number of rotatable bonds is 3. The summed E-state index contributed by atoms with van der Waals surface area (Å²) in [5.41, 5.74) is 1.03. The number of nitrogens with one attached hydrogen (secondary N) is 1. The minimum absolute atomic E-state index is 0.0262. The van der Waals surface area contributed by atoms with Gasteiger partial charge in [0.1, 0.15) is 12.6 Å². The monoisotopic (exact) mass is 343 g/mol. The second kappa shape index (κ2) is 7.14. The highest BCUT2D eigenvalue weighted by Gasteiger charge is 2.39. The van der Waals surface area contributed by atoms with Gasteiger partial charge in [-0.25, -0.2) is 0 Å². The van der Waals surface area contributed by atoms with Crippen LogP contribution < -0.4 is 5.32 Å². The van der Waals surface area contributed by atoms with E-state index >= 15 is 0 Å². The highest BCUT2D eigenvalue weighted by atomic mass is 16.5. The molecule has 3 saturated heterocycles. The molecule has 3 atom stereocenters. The van der Waals surface area contributed by atoms with Gasteiger partial charge in [0.05, 0.1) is 6.61 Å². The zero-order chi connectivity index (χ0) is 17.2. The van der Waals surface area contributed by atoms with E-state index in [0.29, 0.717) is 18.6 Å². The number of hydrogen-bond acceptors (Lipinski definition) is 4. The van der Waals surface area contributed by atoms with Crippen LogP contribution in [0.5, 0.6) is 0 Å². The van der Waals surface area contributed by atoms with Crippen LogP contribution in [0, 0.1) is 0 Å². The van der Waals surface area contributed by atoms with Gasteiger partial charge in [-0.05, 0) is 24.8 Å². The molecule has 6 nitrogen and oxygen atoms in total. The second-order valence-electron chi connectivity index (χ2n) is 7.25. The third kappa shape index (κ3) is 3.55. The van der Waals surface area contributed by atoms with Crippen LogP contribution in [-0.2, 0) is 20.9 Å². The molecule has 6 heteroatoms. The average Bonchev–Trinajstić information content (AvgIpc) is 2.96. The van der Waals surface area contributed by atoms with Gasteiger partial charge in [0.25, 0.3) is 0 Å². The van der Waals surface area contributed by atoms with Gasteiger partial charge in [-0.3, -0.25) is 9.59 Å². The van der Waals surface area contributed by atoms with E-state index in [-0.39, 0.29) is 25.0 Å². The summed E-state index contributed by atoms with van der Waals surface area (Å²) in [6.07, 6.45) is 3.32. The molecule has 134 valence electrons. The van der Waals surface area contributed by atoms with Crippen LogP contribution in [0.1, 0.15) is 24.8 Å². The Morgan fingerprint density at radius 2 is 1.96 bits per heavy atom. The summed E-state index contributed by atoms with van der Waals surface area (Å²) < 4.78 is 5.41. The van der Waals surface area contributed by atoms with Crippen molar-refractivity contribution in [1.82, 2.24) is 15.1 Å². The van der Waals surface area contributed by atoms with E-state index in [1.807, 2.05) is 35.2 Å². The number of likely N-dealkylation sites (tertiary alicyclic amines) is 1. The van der Waals surface area contributed by atoms with Crippen molar-refractivity contribution in [3.05, 3.63) is 35.9 Å². The van der Waals surface area contributed by atoms with E-state index in [2.05, 4.69) is 5.32 Å². The standard InChI is InChI=1S/C19H25N3O3/c23-18-13-25-12-17(22(18)10-14-4-2-1-3-5-14)19(24)21-9-8-15-6-7-16(11-21)20-15/h1-5,15-17,20H,6-13H2/t15?,16?,17-/m1/s1. The molecule has 0 radical (unpaired) electrons. The maximum absolute atomic E-state index is 13.2. The van der Waals surface area contributed by atoms with E-state index in [1.165, 1.54) is 6.42 Å². The minimum Gasteiger partial charge on any atom is -0.369 e. The molecule has 0 saturated carbocycles. The lowest BCUT2D eigenvalue weighted by molar-refractivity contribution is -0.160. The zero-order valence-corrected chi connectivity index (χ0v) is 14.4. The van der Waals surface area contributed by atoms with Gasteiger partial charge in [-0.1, -0.05) is 30.3 Å². The van der Waals surface area contributed by atoms with E-state index in [4.69, 9.17) is 4.74 Å². The van der Waals surface area contributed by atoms with Crippen LogP contribution in [0.2, 0.25) is 0 Å². The molecular weight excluding hydrogens is 318 g/mol. The summed E-state index contributed by atoms with van der Waals surface area (Å²) in [7, 11) is 0. The number of nitrogens with zero attached hydrogens (tertiary/aromatic N) is 2. The fourth-order valence-corrected chi connectivity index (χ4v) is 4.14. The topological polar surface area (TPSA) is 61.9 Å². The number of ether oxygens (including phenoxy) is 1. The molecule has 2 unspecified atom stereocenters. The van der Waals surface area contributed by atoms with Crippen molar-refractivity contribution in [3.63, 3.8) is 0 Å². The van der Waals surface area contributed by atoms with Crippen molar-refractivity contribution in [2.75, 3.05) is 26.3 Å². The van der Waals surface area contributed by atoms with Crippen molar-refractivity contribution in [2.45, 2.75) is 43.9 Å². The third-order valence-electron chi connectivity index (χ3n) is 5.51. The molecule has 3 aliphatic rings. The lowest BCUT2D eigenvalue weighted by atomic mass is 10.1. The predicted octanol–water partition coefficient (Wildman–Crippen LogP) is 0.767. The number of carbonyl (C=O) groups is 2. The number of morpholine rings is 1. The SMILES string of the molecule is O=C([C@H]1COCC(=O)N1Cc1ccccc1)N1CCC2CCC(C1)N2. The van der Waals surface area contributed by atoms with Crippen molar-refractivity contribution in [3.8, 4) is 0 Å². The smallest absolute Gasteiger partial charge is 0.249 e. The molecule has 0 aliphatic carbocycles. The third-order valence-corrected chi connectivity index (χ3v) is 5.51. The zero-order valence-electron chi connectivity index (χ0n) is 14.4. The largest absolute Gasteiger partial charge is 0.369 e. The number of amides is 2. The summed E-state index contributed by atoms with van der Waals surface area (Å²) in [5, 5.41) is 3.59. The van der Waals surface area contributed by atoms with Gasteiger partial charge in [0, 0.05) is 31.7 Å². The predicted molar refractivity (Wildman–Crippen MR) is 92.7 cm³/mol. The Hall–Kier alpha value is -1.92. The second-order valence-corrected chi connectivity index (χ2v) is 7.25. The summed E-state index contributed by atoms with van der Waals surface area (Å²) in [6.45, 7) is 2.30. The molecule has 3 fully saturated rings. The molecular formula is C19H25N3O3. The number of benzene rings is 1. The van der Waals surface area contributed by atoms with Crippen LogP contribution in [0.3, 0.4) is 0 Å². The van der Waals surface area contributed by atoms with Crippen LogP contribution in [0.15, 0.2) is 30.3 Å². The maximum Gasteiger partial charge on any atom is 0.249 e. The molecule has 25 heavy (non-hydrogen) atoms. The molecule has 2 bridgehead atoms. The highest BCUT2D eigenvalue weighted by molar-refractivity contribution is 5.89. The summed E-state index contributed by atoms with van der Waals surface area (Å²) >= 11 is 0. The first kappa shape index (κ1) is 16.5. The van der Waals surface area contributed by atoms with E-state index in [9.17, 15) is 9.59 Å². The fourth-order valence-electron chi connectivity index (χ4n) is 4.14. The lowest BCUT2D eigenvalue weighted by Crippen LogP contribution is -2.57. The van der Waals surface area contributed by atoms with Crippen molar-refractivity contribution in [2.24, 2.45) is 0 Å². The number of carbonyl (C=O) groups excluding carboxylic acids is 2. The molecule has 4 rings (SSSR count). The lowest BCUT2D eigenvalue weighted by Gasteiger charge is -2.38. The highest BCUT2D eigenvalue weighted by Crippen LogP contribution is 2.22. The maximum atomic E-state index is 13.2. The molecule has 1 aromatic carbocycles. The average molecular weight is 343 g/mol. The van der Waals surface area contributed by atoms with Gasteiger partial charge in [0.15, 0.2) is 0 Å². The first-order valence-electron chi connectivity index (χ1n) is 9.16. The minimum atomic E-state index is -0.516. The first-order valence-corrected chi connectivity index (χ1v) is 9.16. The molecule has 1 N–H and O–H groups in total. The Morgan fingerprint density at radius 3 is 2.80 bits per heavy atom. The molecule has 2 amide bonds. The Kier molecular flexibility index (Phi) is 4.72. The Bertz CT molecular complexity index is 636. The molecule has 0 spiro atoms. The normalized spacial score (nSPS) is 29.6. The molecule has 3 heterocycles. The Morgan fingerprint density at radius 1 is 1.16 bits per heavy atom. The van der Waals surface area contributed by atoms with E-state index < -0.39 is 6.04 Å². The quantitative estimate of drug-likeness (QED) is 0.881. The van der Waals surface area contributed by atoms with E-state index in [1.54, 1.807) is 4.90 Å². The van der Waals surface area contributed by atoms with Gasteiger partial charge < -0.3 is 19.9 Å². The van der Waals surface area contributed by atoms with Crippen LogP contribution in [0.25, 0.3) is 0 Å². The van der Waals surface area contributed by atoms with Gasteiger partial charge >= 0.3 is 0 Å². The number of fused-ring (bicyclic) bond motifs is 2. The van der Waals surface area contributed by atoms with Crippen LogP contribution in [0.4, 0.5) is 0 Å². The molecule has 3 aliphatic heterocycles. The molecule has 0 aromatic heterocycles. The molecule has 1 aromatic rings. The van der Waals surface area contributed by atoms with Crippen molar-refractivity contribution < 1.29 is 14.3 Å².